The Labute approximate surface area is 105 Å². The van der Waals surface area contributed by atoms with E-state index < -0.39 is 0 Å². The van der Waals surface area contributed by atoms with Crippen LogP contribution in [0.1, 0.15) is 15.9 Å². The summed E-state index contributed by atoms with van der Waals surface area (Å²) in [5.74, 6) is 0.754. The normalized spacial score (nSPS) is 16.8. The van der Waals surface area contributed by atoms with Crippen LogP contribution in [-0.2, 0) is 6.42 Å². The fourth-order valence-electron chi connectivity index (χ4n) is 2.08. The molecule has 1 amide bonds. The van der Waals surface area contributed by atoms with Crippen LogP contribution < -0.4 is 10.1 Å². The second-order valence-corrected chi connectivity index (χ2v) is 4.26. The molecule has 1 heterocycles. The number of nitrogens with one attached hydrogen (secondary N) is 1. The van der Waals surface area contributed by atoms with Crippen LogP contribution in [0, 0.1) is 0 Å². The van der Waals surface area contributed by atoms with Gasteiger partial charge in [-0.2, -0.15) is 0 Å². The topological polar surface area (TPSA) is 38.3 Å². The number of rotatable bonds is 2. The summed E-state index contributed by atoms with van der Waals surface area (Å²) in [5, 5.41) is 2.88. The van der Waals surface area contributed by atoms with Gasteiger partial charge in [0.2, 0.25) is 0 Å². The van der Waals surface area contributed by atoms with E-state index in [1.54, 1.807) is 12.1 Å². The van der Waals surface area contributed by atoms with Gasteiger partial charge in [-0.15, -0.1) is 0 Å². The molecular formula is C15H13NO2. The summed E-state index contributed by atoms with van der Waals surface area (Å²) in [6.45, 7) is 0. The van der Waals surface area contributed by atoms with Crippen molar-refractivity contribution in [3.63, 3.8) is 0 Å². The Bertz CT molecular complexity index is 541. The monoisotopic (exact) mass is 239 g/mol. The molecule has 0 saturated carbocycles. The lowest BCUT2D eigenvalue weighted by molar-refractivity contribution is 0.0856. The molecule has 1 unspecified atom stereocenters. The highest BCUT2D eigenvalue weighted by molar-refractivity contribution is 5.94. The first-order valence-electron chi connectivity index (χ1n) is 5.93. The molecule has 3 nitrogen and oxygen atoms in total. The lowest BCUT2D eigenvalue weighted by Gasteiger charge is -2.12. The number of carbonyl (C=O) groups is 1. The van der Waals surface area contributed by atoms with E-state index in [2.05, 4.69) is 5.32 Å². The van der Waals surface area contributed by atoms with Gasteiger partial charge in [0.15, 0.2) is 6.23 Å². The van der Waals surface area contributed by atoms with E-state index in [0.717, 1.165) is 17.7 Å². The number of carbonyl (C=O) groups excluding carboxylic acids is 1. The predicted molar refractivity (Wildman–Crippen MR) is 68.5 cm³/mol. The zero-order valence-electron chi connectivity index (χ0n) is 9.80. The van der Waals surface area contributed by atoms with Gasteiger partial charge in [-0.3, -0.25) is 4.79 Å². The zero-order valence-corrected chi connectivity index (χ0v) is 9.80. The highest BCUT2D eigenvalue weighted by Crippen LogP contribution is 2.27. The molecule has 2 aromatic carbocycles. The second kappa shape index (κ2) is 4.53. The minimum atomic E-state index is -0.268. The quantitative estimate of drug-likeness (QED) is 0.873. The van der Waals surface area contributed by atoms with E-state index in [1.165, 1.54) is 0 Å². The summed E-state index contributed by atoms with van der Waals surface area (Å²) in [6.07, 6.45) is 0.449. The average molecular weight is 239 g/mol. The van der Waals surface area contributed by atoms with Crippen LogP contribution in [0.2, 0.25) is 0 Å². The number of ether oxygens (including phenoxy) is 1. The lowest BCUT2D eigenvalue weighted by Crippen LogP contribution is -2.37. The molecule has 0 bridgehead atoms. The highest BCUT2D eigenvalue weighted by atomic mass is 16.5. The largest absolute Gasteiger partial charge is 0.470 e. The van der Waals surface area contributed by atoms with E-state index in [9.17, 15) is 4.79 Å². The van der Waals surface area contributed by atoms with Gasteiger partial charge in [-0.05, 0) is 23.8 Å². The number of para-hydroxylation sites is 1. The molecule has 0 aliphatic carbocycles. The maximum absolute atomic E-state index is 12.0. The summed E-state index contributed by atoms with van der Waals surface area (Å²) in [4.78, 5) is 12.0. The zero-order chi connectivity index (χ0) is 12.4. The Hall–Kier alpha value is -2.29. The molecule has 3 heteroatoms. The number of amides is 1. The van der Waals surface area contributed by atoms with Gasteiger partial charge in [0, 0.05) is 12.0 Å². The van der Waals surface area contributed by atoms with Crippen molar-refractivity contribution in [1.29, 1.82) is 0 Å². The van der Waals surface area contributed by atoms with E-state index >= 15 is 0 Å². The minimum Gasteiger partial charge on any atom is -0.470 e. The lowest BCUT2D eigenvalue weighted by atomic mass is 10.1. The first-order valence-corrected chi connectivity index (χ1v) is 5.93. The van der Waals surface area contributed by atoms with Crippen molar-refractivity contribution in [2.75, 3.05) is 0 Å². The van der Waals surface area contributed by atoms with Gasteiger partial charge in [0.1, 0.15) is 5.75 Å². The number of fused-ring (bicyclic) bond motifs is 1. The summed E-state index contributed by atoms with van der Waals surface area (Å²) in [7, 11) is 0. The second-order valence-electron chi connectivity index (χ2n) is 4.26. The molecule has 1 aliphatic heterocycles. The van der Waals surface area contributed by atoms with E-state index in [0.29, 0.717) is 5.56 Å². The first kappa shape index (κ1) is 10.8. The predicted octanol–water partition coefficient (Wildman–Crippen LogP) is 2.38. The third-order valence-corrected chi connectivity index (χ3v) is 2.98. The van der Waals surface area contributed by atoms with Crippen LogP contribution >= 0.6 is 0 Å². The minimum absolute atomic E-state index is 0.103. The van der Waals surface area contributed by atoms with Crippen molar-refractivity contribution in [2.45, 2.75) is 12.6 Å². The molecule has 0 spiro atoms. The Kier molecular flexibility index (Phi) is 2.73. The smallest absolute Gasteiger partial charge is 0.254 e. The van der Waals surface area contributed by atoms with Crippen LogP contribution in [0.5, 0.6) is 5.75 Å². The van der Waals surface area contributed by atoms with Crippen LogP contribution in [0.25, 0.3) is 0 Å². The van der Waals surface area contributed by atoms with Crippen molar-refractivity contribution >= 4 is 5.91 Å². The van der Waals surface area contributed by atoms with Crippen LogP contribution in [0.4, 0.5) is 0 Å². The SMILES string of the molecule is O=C(NC1Cc2ccccc2O1)c1ccccc1. The van der Waals surface area contributed by atoms with Gasteiger partial charge in [0.05, 0.1) is 0 Å². The molecule has 0 fully saturated rings. The number of hydrogen-bond donors (Lipinski definition) is 1. The van der Waals surface area contributed by atoms with Gasteiger partial charge >= 0.3 is 0 Å². The Balaban J connectivity index is 1.68. The van der Waals surface area contributed by atoms with Gasteiger partial charge in [-0.1, -0.05) is 36.4 Å². The fraction of sp³-hybridized carbons (Fsp3) is 0.133. The maximum Gasteiger partial charge on any atom is 0.254 e. The maximum atomic E-state index is 12.0. The molecule has 0 radical (unpaired) electrons. The third kappa shape index (κ3) is 2.07. The molecule has 2 aromatic rings. The van der Waals surface area contributed by atoms with Crippen LogP contribution in [0.3, 0.4) is 0 Å². The van der Waals surface area contributed by atoms with Crippen LogP contribution in [-0.4, -0.2) is 12.1 Å². The van der Waals surface area contributed by atoms with Crippen molar-refractivity contribution in [3.05, 3.63) is 65.7 Å². The molecule has 1 atom stereocenters. The fourth-order valence-corrected chi connectivity index (χ4v) is 2.08. The number of benzene rings is 2. The summed E-state index contributed by atoms with van der Waals surface area (Å²) in [6, 6.07) is 17.0. The Morgan fingerprint density at radius 3 is 2.56 bits per heavy atom. The van der Waals surface area contributed by atoms with Gasteiger partial charge in [0.25, 0.3) is 5.91 Å². The molecule has 0 aromatic heterocycles. The van der Waals surface area contributed by atoms with E-state index in [-0.39, 0.29) is 12.1 Å². The molecule has 1 aliphatic rings. The molecule has 1 N–H and O–H groups in total. The summed E-state index contributed by atoms with van der Waals surface area (Å²) < 4.78 is 5.67. The third-order valence-electron chi connectivity index (χ3n) is 2.98. The Morgan fingerprint density at radius 1 is 1.06 bits per heavy atom. The molecule has 0 saturated heterocycles. The summed E-state index contributed by atoms with van der Waals surface area (Å²) >= 11 is 0. The van der Waals surface area contributed by atoms with Crippen molar-refractivity contribution in [2.24, 2.45) is 0 Å². The van der Waals surface area contributed by atoms with Crippen molar-refractivity contribution in [1.82, 2.24) is 5.32 Å². The van der Waals surface area contributed by atoms with Gasteiger partial charge in [-0.25, -0.2) is 0 Å². The van der Waals surface area contributed by atoms with E-state index in [1.807, 2.05) is 42.5 Å². The van der Waals surface area contributed by atoms with Crippen molar-refractivity contribution < 1.29 is 9.53 Å². The van der Waals surface area contributed by atoms with Crippen molar-refractivity contribution in [3.8, 4) is 5.75 Å². The molecule has 18 heavy (non-hydrogen) atoms. The van der Waals surface area contributed by atoms with Gasteiger partial charge < -0.3 is 10.1 Å². The van der Waals surface area contributed by atoms with Crippen LogP contribution in [0.15, 0.2) is 54.6 Å². The molecule has 90 valence electrons. The summed E-state index contributed by atoms with van der Waals surface area (Å²) in [5.41, 5.74) is 1.79. The molecular weight excluding hydrogens is 226 g/mol. The highest BCUT2D eigenvalue weighted by Gasteiger charge is 2.23. The average Bonchev–Trinajstić information content (AvgIpc) is 2.82. The standard InChI is InChI=1S/C15H13NO2/c17-15(11-6-2-1-3-7-11)16-14-10-12-8-4-5-9-13(12)18-14/h1-9,14H,10H2,(H,16,17). The number of hydrogen-bond acceptors (Lipinski definition) is 2. The van der Waals surface area contributed by atoms with E-state index in [4.69, 9.17) is 4.74 Å². The molecule has 3 rings (SSSR count). The first-order chi connectivity index (χ1) is 8.83. The Morgan fingerprint density at radius 2 is 1.78 bits per heavy atom.